The van der Waals surface area contributed by atoms with Crippen LogP contribution in [0.25, 0.3) is 5.65 Å². The molecule has 1 fully saturated rings. The highest BCUT2D eigenvalue weighted by Gasteiger charge is 2.18. The molecule has 0 spiro atoms. The van der Waals surface area contributed by atoms with E-state index in [2.05, 4.69) is 27.3 Å². The Labute approximate surface area is 100 Å². The molecule has 5 nitrogen and oxygen atoms in total. The highest BCUT2D eigenvalue weighted by molar-refractivity contribution is 5.47. The summed E-state index contributed by atoms with van der Waals surface area (Å²) < 4.78 is 1.79. The zero-order valence-corrected chi connectivity index (χ0v) is 10.0. The van der Waals surface area contributed by atoms with Gasteiger partial charge in [0.2, 0.25) is 0 Å². The van der Waals surface area contributed by atoms with Crippen molar-refractivity contribution in [1.82, 2.24) is 19.9 Å². The lowest BCUT2D eigenvalue weighted by Crippen LogP contribution is -2.44. The van der Waals surface area contributed by atoms with E-state index in [9.17, 15) is 0 Å². The second-order valence-corrected chi connectivity index (χ2v) is 4.53. The number of fused-ring (bicyclic) bond motifs is 1. The van der Waals surface area contributed by atoms with E-state index in [0.717, 1.165) is 24.6 Å². The van der Waals surface area contributed by atoms with Crippen LogP contribution < -0.4 is 10.2 Å². The lowest BCUT2D eigenvalue weighted by molar-refractivity contribution is 0.443. The van der Waals surface area contributed by atoms with Crippen LogP contribution in [0.4, 0.5) is 5.82 Å². The molecule has 3 rings (SSSR count). The van der Waals surface area contributed by atoms with E-state index in [-0.39, 0.29) is 0 Å². The lowest BCUT2D eigenvalue weighted by Gasteiger charge is -2.32. The molecule has 3 heterocycles. The van der Waals surface area contributed by atoms with Crippen molar-refractivity contribution in [2.24, 2.45) is 0 Å². The fourth-order valence-corrected chi connectivity index (χ4v) is 2.35. The second kappa shape index (κ2) is 4.33. The summed E-state index contributed by atoms with van der Waals surface area (Å²) in [5, 5.41) is 7.59. The number of rotatable bonds is 2. The monoisotopic (exact) mass is 231 g/mol. The summed E-state index contributed by atoms with van der Waals surface area (Å²) in [4.78, 5) is 6.87. The molecule has 0 aliphatic carbocycles. The molecule has 0 amide bonds. The van der Waals surface area contributed by atoms with Crippen LogP contribution in [0, 0.1) is 0 Å². The Morgan fingerprint density at radius 3 is 3.24 bits per heavy atom. The van der Waals surface area contributed by atoms with Crippen molar-refractivity contribution in [2.45, 2.75) is 18.9 Å². The second-order valence-electron chi connectivity index (χ2n) is 4.53. The Kier molecular flexibility index (Phi) is 2.68. The Bertz CT molecular complexity index is 500. The van der Waals surface area contributed by atoms with Crippen LogP contribution in [0.2, 0.25) is 0 Å². The molecule has 0 radical (unpaired) electrons. The van der Waals surface area contributed by atoms with Crippen molar-refractivity contribution >= 4 is 11.5 Å². The van der Waals surface area contributed by atoms with Gasteiger partial charge in [-0.15, -0.1) is 0 Å². The largest absolute Gasteiger partial charge is 0.355 e. The van der Waals surface area contributed by atoms with Gasteiger partial charge in [0.05, 0.1) is 6.20 Å². The zero-order valence-electron chi connectivity index (χ0n) is 10.0. The number of hydrogen-bond acceptors (Lipinski definition) is 4. The quantitative estimate of drug-likeness (QED) is 0.834. The number of hydrogen-bond donors (Lipinski definition) is 1. The minimum absolute atomic E-state index is 0.543. The van der Waals surface area contributed by atoms with Gasteiger partial charge in [0.1, 0.15) is 5.82 Å². The first-order valence-corrected chi connectivity index (χ1v) is 6.08. The summed E-state index contributed by atoms with van der Waals surface area (Å²) in [7, 11) is 2.12. The molecule has 2 aromatic heterocycles. The fourth-order valence-electron chi connectivity index (χ4n) is 2.35. The SMILES string of the molecule is CN(c1ccn2nccc2n1)C1CCCNC1. The Morgan fingerprint density at radius 2 is 2.41 bits per heavy atom. The van der Waals surface area contributed by atoms with Gasteiger partial charge in [-0.3, -0.25) is 0 Å². The average Bonchev–Trinajstić information content (AvgIpc) is 2.86. The smallest absolute Gasteiger partial charge is 0.157 e. The van der Waals surface area contributed by atoms with Crippen LogP contribution in [0.15, 0.2) is 24.5 Å². The summed E-state index contributed by atoms with van der Waals surface area (Å²) in [5.74, 6) is 1.02. The normalized spacial score (nSPS) is 20.6. The first-order chi connectivity index (χ1) is 8.34. The fraction of sp³-hybridized carbons (Fsp3) is 0.500. The van der Waals surface area contributed by atoms with E-state index >= 15 is 0 Å². The highest BCUT2D eigenvalue weighted by atomic mass is 15.3. The molecule has 5 heteroatoms. The number of anilines is 1. The molecular weight excluding hydrogens is 214 g/mol. The summed E-state index contributed by atoms with van der Waals surface area (Å²) in [5.41, 5.74) is 0.901. The maximum absolute atomic E-state index is 4.61. The number of likely N-dealkylation sites (N-methyl/N-ethyl adjacent to an activating group) is 1. The topological polar surface area (TPSA) is 45.5 Å². The van der Waals surface area contributed by atoms with Crippen molar-refractivity contribution in [3.63, 3.8) is 0 Å². The standard InChI is InChI=1S/C12H17N5/c1-16(10-3-2-6-13-9-10)11-5-8-17-12(15-11)4-7-14-17/h4-5,7-8,10,13H,2-3,6,9H2,1H3. The van der Waals surface area contributed by atoms with Gasteiger partial charge in [-0.25, -0.2) is 9.50 Å². The summed E-state index contributed by atoms with van der Waals surface area (Å²) >= 11 is 0. The van der Waals surface area contributed by atoms with Crippen LogP contribution in [-0.2, 0) is 0 Å². The van der Waals surface area contributed by atoms with Gasteiger partial charge < -0.3 is 10.2 Å². The zero-order chi connectivity index (χ0) is 11.7. The van der Waals surface area contributed by atoms with Crippen molar-refractivity contribution < 1.29 is 0 Å². The summed E-state index contributed by atoms with van der Waals surface area (Å²) in [6.45, 7) is 2.18. The molecule has 1 aliphatic rings. The Morgan fingerprint density at radius 1 is 1.47 bits per heavy atom. The minimum Gasteiger partial charge on any atom is -0.355 e. The van der Waals surface area contributed by atoms with Crippen LogP contribution in [0.3, 0.4) is 0 Å². The molecule has 0 saturated carbocycles. The van der Waals surface area contributed by atoms with Crippen molar-refractivity contribution in [2.75, 3.05) is 25.0 Å². The molecule has 1 aliphatic heterocycles. The predicted octanol–water partition coefficient (Wildman–Crippen LogP) is 0.917. The first kappa shape index (κ1) is 10.5. The molecule has 0 aromatic carbocycles. The highest BCUT2D eigenvalue weighted by Crippen LogP contribution is 2.17. The van der Waals surface area contributed by atoms with Crippen molar-refractivity contribution in [1.29, 1.82) is 0 Å². The first-order valence-electron chi connectivity index (χ1n) is 6.08. The van der Waals surface area contributed by atoms with Gasteiger partial charge in [-0.05, 0) is 25.5 Å². The maximum atomic E-state index is 4.61. The van der Waals surface area contributed by atoms with Crippen molar-refractivity contribution in [3.05, 3.63) is 24.5 Å². The van der Waals surface area contributed by atoms with Gasteiger partial charge in [-0.2, -0.15) is 5.10 Å². The van der Waals surface area contributed by atoms with E-state index < -0.39 is 0 Å². The van der Waals surface area contributed by atoms with Crippen LogP contribution in [0.5, 0.6) is 0 Å². The summed E-state index contributed by atoms with van der Waals surface area (Å²) in [6, 6.07) is 4.49. The molecule has 1 atom stereocenters. The number of nitrogens with one attached hydrogen (secondary N) is 1. The maximum Gasteiger partial charge on any atom is 0.157 e. The Balaban J connectivity index is 1.86. The molecular formula is C12H17N5. The molecule has 0 bridgehead atoms. The van der Waals surface area contributed by atoms with E-state index in [0.29, 0.717) is 6.04 Å². The van der Waals surface area contributed by atoms with Gasteiger partial charge >= 0.3 is 0 Å². The third-order valence-electron chi connectivity index (χ3n) is 3.42. The number of piperidine rings is 1. The Hall–Kier alpha value is -1.62. The third-order valence-corrected chi connectivity index (χ3v) is 3.42. The molecule has 2 aromatic rings. The van der Waals surface area contributed by atoms with Crippen LogP contribution in [-0.4, -0.2) is 40.8 Å². The van der Waals surface area contributed by atoms with Gasteiger partial charge in [0.15, 0.2) is 5.65 Å². The summed E-state index contributed by atoms with van der Waals surface area (Å²) in [6.07, 6.45) is 6.21. The molecule has 1 N–H and O–H groups in total. The molecule has 1 saturated heterocycles. The molecule has 90 valence electrons. The average molecular weight is 231 g/mol. The predicted molar refractivity (Wildman–Crippen MR) is 67.3 cm³/mol. The van der Waals surface area contributed by atoms with Gasteiger partial charge in [0.25, 0.3) is 0 Å². The van der Waals surface area contributed by atoms with Gasteiger partial charge in [0, 0.05) is 31.9 Å². The molecule has 1 unspecified atom stereocenters. The minimum atomic E-state index is 0.543. The van der Waals surface area contributed by atoms with E-state index in [1.54, 1.807) is 10.7 Å². The van der Waals surface area contributed by atoms with E-state index in [1.165, 1.54) is 12.8 Å². The van der Waals surface area contributed by atoms with Crippen molar-refractivity contribution in [3.8, 4) is 0 Å². The number of aromatic nitrogens is 3. The third kappa shape index (κ3) is 1.98. The van der Waals surface area contributed by atoms with Crippen LogP contribution in [0.1, 0.15) is 12.8 Å². The lowest BCUT2D eigenvalue weighted by atomic mass is 10.1. The van der Waals surface area contributed by atoms with Gasteiger partial charge in [-0.1, -0.05) is 0 Å². The van der Waals surface area contributed by atoms with E-state index in [1.807, 2.05) is 18.3 Å². The molecule has 17 heavy (non-hydrogen) atoms. The van der Waals surface area contributed by atoms with Crippen LogP contribution >= 0.6 is 0 Å². The van der Waals surface area contributed by atoms with E-state index in [4.69, 9.17) is 0 Å². The number of nitrogens with zero attached hydrogens (tertiary/aromatic N) is 4.